The summed E-state index contributed by atoms with van der Waals surface area (Å²) in [4.78, 5) is 18.9. The quantitative estimate of drug-likeness (QED) is 0.860. The third kappa shape index (κ3) is 3.39. The number of ether oxygens (including phenoxy) is 1. The van der Waals surface area contributed by atoms with Gasteiger partial charge in [0.15, 0.2) is 5.15 Å². The van der Waals surface area contributed by atoms with Crippen molar-refractivity contribution in [2.75, 3.05) is 0 Å². The third-order valence-corrected chi connectivity index (χ3v) is 3.34. The van der Waals surface area contributed by atoms with E-state index in [0.29, 0.717) is 11.6 Å². The molecular weight excluding hydrogens is 280 g/mol. The van der Waals surface area contributed by atoms with Crippen LogP contribution in [0.3, 0.4) is 0 Å². The standard InChI is InChI=1S/C13H17ClN4O2/c1-13(2,20-12(15)19)5-3-6-18-7-4-9-10(18)11(14)17-8-16-9/h4,7-8H,3,5-6H2,1-2H3,(H2,15,19). The van der Waals surface area contributed by atoms with Crippen LogP contribution in [0.25, 0.3) is 11.0 Å². The van der Waals surface area contributed by atoms with Crippen LogP contribution in [-0.4, -0.2) is 26.2 Å². The zero-order valence-corrected chi connectivity index (χ0v) is 12.2. The number of aryl methyl sites for hydroxylation is 1. The average Bonchev–Trinajstić information content (AvgIpc) is 2.72. The second-order valence-electron chi connectivity index (χ2n) is 5.19. The van der Waals surface area contributed by atoms with Crippen LogP contribution in [0.2, 0.25) is 5.15 Å². The molecule has 0 spiro atoms. The van der Waals surface area contributed by atoms with Gasteiger partial charge in [0.05, 0.1) is 5.52 Å². The van der Waals surface area contributed by atoms with Crippen LogP contribution >= 0.6 is 11.6 Å². The summed E-state index contributed by atoms with van der Waals surface area (Å²) in [5.41, 5.74) is 6.10. The van der Waals surface area contributed by atoms with Gasteiger partial charge in [0.2, 0.25) is 0 Å². The molecule has 0 fully saturated rings. The molecule has 0 aliphatic heterocycles. The van der Waals surface area contributed by atoms with Gasteiger partial charge in [0.25, 0.3) is 0 Å². The summed E-state index contributed by atoms with van der Waals surface area (Å²) < 4.78 is 7.05. The Morgan fingerprint density at radius 3 is 2.95 bits per heavy atom. The minimum Gasteiger partial charge on any atom is -0.444 e. The monoisotopic (exact) mass is 296 g/mol. The molecule has 0 aromatic carbocycles. The lowest BCUT2D eigenvalue weighted by Crippen LogP contribution is -2.31. The molecule has 2 N–H and O–H groups in total. The molecule has 0 saturated carbocycles. The van der Waals surface area contributed by atoms with Crippen molar-refractivity contribution in [1.29, 1.82) is 0 Å². The van der Waals surface area contributed by atoms with E-state index in [1.807, 2.05) is 30.7 Å². The highest BCUT2D eigenvalue weighted by Gasteiger charge is 2.21. The van der Waals surface area contributed by atoms with Crippen LogP contribution in [0, 0.1) is 0 Å². The molecule has 20 heavy (non-hydrogen) atoms. The number of carbonyl (C=O) groups excluding carboxylic acids is 1. The number of rotatable bonds is 5. The molecule has 7 heteroatoms. The number of primary amides is 1. The van der Waals surface area contributed by atoms with Crippen molar-refractivity contribution in [3.05, 3.63) is 23.7 Å². The fourth-order valence-electron chi connectivity index (χ4n) is 2.18. The number of halogens is 1. The fraction of sp³-hybridized carbons (Fsp3) is 0.462. The van der Waals surface area contributed by atoms with Gasteiger partial charge < -0.3 is 15.0 Å². The van der Waals surface area contributed by atoms with E-state index < -0.39 is 11.7 Å². The second-order valence-corrected chi connectivity index (χ2v) is 5.55. The molecule has 1 amide bonds. The first-order valence-electron chi connectivity index (χ1n) is 6.33. The lowest BCUT2D eigenvalue weighted by Gasteiger charge is -2.23. The molecule has 108 valence electrons. The molecule has 0 saturated heterocycles. The maximum atomic E-state index is 10.8. The highest BCUT2D eigenvalue weighted by atomic mass is 35.5. The molecule has 0 bridgehead atoms. The van der Waals surface area contributed by atoms with E-state index in [1.165, 1.54) is 6.33 Å². The Labute approximate surface area is 121 Å². The number of fused-ring (bicyclic) bond motifs is 1. The summed E-state index contributed by atoms with van der Waals surface area (Å²) >= 11 is 6.08. The van der Waals surface area contributed by atoms with Gasteiger partial charge in [-0.15, -0.1) is 0 Å². The molecule has 2 aromatic heterocycles. The van der Waals surface area contributed by atoms with Crippen LogP contribution in [0.4, 0.5) is 4.79 Å². The zero-order chi connectivity index (χ0) is 14.8. The van der Waals surface area contributed by atoms with E-state index in [-0.39, 0.29) is 0 Å². The molecule has 2 rings (SSSR count). The lowest BCUT2D eigenvalue weighted by molar-refractivity contribution is 0.0369. The van der Waals surface area contributed by atoms with E-state index in [1.54, 1.807) is 0 Å². The third-order valence-electron chi connectivity index (χ3n) is 3.06. The van der Waals surface area contributed by atoms with Crippen molar-refractivity contribution >= 4 is 28.7 Å². The van der Waals surface area contributed by atoms with Crippen LogP contribution in [0.15, 0.2) is 18.6 Å². The first-order valence-corrected chi connectivity index (χ1v) is 6.71. The molecule has 6 nitrogen and oxygen atoms in total. The van der Waals surface area contributed by atoms with Crippen molar-refractivity contribution in [3.8, 4) is 0 Å². The van der Waals surface area contributed by atoms with Gasteiger partial charge in [-0.25, -0.2) is 14.8 Å². The molecule has 2 heterocycles. The molecule has 0 aliphatic rings. The molecule has 2 aromatic rings. The Hall–Kier alpha value is -1.82. The summed E-state index contributed by atoms with van der Waals surface area (Å²) in [5, 5.41) is 0.438. The maximum absolute atomic E-state index is 10.8. The molecule has 0 radical (unpaired) electrons. The maximum Gasteiger partial charge on any atom is 0.405 e. The van der Waals surface area contributed by atoms with Gasteiger partial charge in [-0.05, 0) is 32.8 Å². The van der Waals surface area contributed by atoms with Crippen LogP contribution in [0.5, 0.6) is 0 Å². The van der Waals surface area contributed by atoms with Gasteiger partial charge in [0.1, 0.15) is 17.4 Å². The summed E-state index contributed by atoms with van der Waals surface area (Å²) in [6.45, 7) is 4.41. The summed E-state index contributed by atoms with van der Waals surface area (Å²) in [6, 6.07) is 1.90. The predicted octanol–water partition coefficient (Wildman–Crippen LogP) is 2.74. The SMILES string of the molecule is CC(C)(CCCn1ccc2ncnc(Cl)c21)OC(N)=O. The molecule has 0 aliphatic carbocycles. The average molecular weight is 297 g/mol. The predicted molar refractivity (Wildman–Crippen MR) is 76.5 cm³/mol. The largest absolute Gasteiger partial charge is 0.444 e. The molecule has 0 unspecified atom stereocenters. The van der Waals surface area contributed by atoms with Gasteiger partial charge in [-0.1, -0.05) is 11.6 Å². The lowest BCUT2D eigenvalue weighted by atomic mass is 10.0. The number of carbonyl (C=O) groups is 1. The van der Waals surface area contributed by atoms with E-state index >= 15 is 0 Å². The number of hydrogen-bond acceptors (Lipinski definition) is 4. The topological polar surface area (TPSA) is 83.0 Å². The Kier molecular flexibility index (Phi) is 4.13. The van der Waals surface area contributed by atoms with Crippen LogP contribution in [-0.2, 0) is 11.3 Å². The first-order chi connectivity index (χ1) is 9.39. The van der Waals surface area contributed by atoms with Crippen LogP contribution < -0.4 is 5.73 Å². The number of hydrogen-bond donors (Lipinski definition) is 1. The minimum atomic E-state index is -0.752. The number of nitrogens with two attached hydrogens (primary N) is 1. The Balaban J connectivity index is 2.02. The Morgan fingerprint density at radius 2 is 2.25 bits per heavy atom. The molecule has 0 atom stereocenters. The highest BCUT2D eigenvalue weighted by Crippen LogP contribution is 2.22. The van der Waals surface area contributed by atoms with Crippen molar-refractivity contribution in [3.63, 3.8) is 0 Å². The second kappa shape index (κ2) is 5.66. The smallest absolute Gasteiger partial charge is 0.405 e. The summed E-state index contributed by atoms with van der Waals surface area (Å²) in [7, 11) is 0. The fourth-order valence-corrected chi connectivity index (χ4v) is 2.43. The van der Waals surface area contributed by atoms with E-state index in [2.05, 4.69) is 9.97 Å². The van der Waals surface area contributed by atoms with Crippen molar-refractivity contribution in [2.24, 2.45) is 5.73 Å². The molecular formula is C13H17ClN4O2. The van der Waals surface area contributed by atoms with E-state index in [4.69, 9.17) is 22.1 Å². The zero-order valence-electron chi connectivity index (χ0n) is 11.5. The number of nitrogens with zero attached hydrogens (tertiary/aromatic N) is 3. The normalized spacial score (nSPS) is 11.8. The Morgan fingerprint density at radius 1 is 1.50 bits per heavy atom. The first kappa shape index (κ1) is 14.6. The number of amides is 1. The minimum absolute atomic E-state index is 0.438. The van der Waals surface area contributed by atoms with Gasteiger partial charge >= 0.3 is 6.09 Å². The van der Waals surface area contributed by atoms with Crippen molar-refractivity contribution in [2.45, 2.75) is 38.8 Å². The van der Waals surface area contributed by atoms with E-state index in [0.717, 1.165) is 24.0 Å². The summed E-state index contributed by atoms with van der Waals surface area (Å²) in [6.07, 6.45) is 4.13. The van der Waals surface area contributed by atoms with Crippen molar-refractivity contribution < 1.29 is 9.53 Å². The Bertz CT molecular complexity index is 624. The van der Waals surface area contributed by atoms with Crippen LogP contribution in [0.1, 0.15) is 26.7 Å². The van der Waals surface area contributed by atoms with Gasteiger partial charge in [-0.3, -0.25) is 0 Å². The van der Waals surface area contributed by atoms with Gasteiger partial charge in [0, 0.05) is 12.7 Å². The highest BCUT2D eigenvalue weighted by molar-refractivity contribution is 6.33. The van der Waals surface area contributed by atoms with E-state index in [9.17, 15) is 4.79 Å². The summed E-state index contributed by atoms with van der Waals surface area (Å²) in [5.74, 6) is 0. The number of aromatic nitrogens is 3. The van der Waals surface area contributed by atoms with Gasteiger partial charge in [-0.2, -0.15) is 0 Å². The van der Waals surface area contributed by atoms with Crippen molar-refractivity contribution in [1.82, 2.24) is 14.5 Å².